The van der Waals surface area contributed by atoms with Gasteiger partial charge in [-0.05, 0) is 35.1 Å². The molecule has 30 heavy (non-hydrogen) atoms. The van der Waals surface area contributed by atoms with Gasteiger partial charge in [-0.3, -0.25) is 0 Å². The number of rotatable bonds is 2. The van der Waals surface area contributed by atoms with Gasteiger partial charge >= 0.3 is 0 Å². The summed E-state index contributed by atoms with van der Waals surface area (Å²) in [7, 11) is 0. The molecule has 2 aliphatic heterocycles. The van der Waals surface area contributed by atoms with Gasteiger partial charge in [0.05, 0.1) is 0 Å². The highest BCUT2D eigenvalue weighted by Gasteiger charge is 2.54. The molecule has 4 heteroatoms. The molecule has 0 bridgehead atoms. The zero-order valence-corrected chi connectivity index (χ0v) is 17.1. The van der Waals surface area contributed by atoms with Crippen molar-refractivity contribution >= 4 is 11.8 Å². The van der Waals surface area contributed by atoms with E-state index in [1.807, 2.05) is 0 Å². The molecule has 4 nitrogen and oxygen atoms in total. The number of aliphatic imine (C=N–C) groups is 2. The summed E-state index contributed by atoms with van der Waals surface area (Å²) in [4.78, 5) is 10.4. The lowest BCUT2D eigenvalue weighted by Crippen LogP contribution is -2.43. The maximum absolute atomic E-state index is 6.60. The van der Waals surface area contributed by atoms with Crippen LogP contribution in [0.15, 0.2) is 58.5 Å². The standard InChI is InChI=1S/C26H26N2O2/c1-6-12-26(13-7-1,24-27-22-18-10-4-2-8-16(18)14-20(22)29-24)25-28-23-19-11-5-3-9-17(19)15-21(23)30-25/h2-5,8-11,20-23H,1,6-7,12-15H2. The molecule has 0 N–H and O–H groups in total. The van der Waals surface area contributed by atoms with Crippen molar-refractivity contribution in [3.05, 3.63) is 70.8 Å². The molecule has 0 aromatic heterocycles. The Bertz CT molecular complexity index is 1000. The van der Waals surface area contributed by atoms with Gasteiger partial charge in [0, 0.05) is 12.8 Å². The summed E-state index contributed by atoms with van der Waals surface area (Å²) in [6, 6.07) is 17.6. The monoisotopic (exact) mass is 398 g/mol. The van der Waals surface area contributed by atoms with Crippen LogP contribution in [-0.4, -0.2) is 24.0 Å². The second-order valence-corrected chi connectivity index (χ2v) is 9.52. The third-order valence-electron chi connectivity index (χ3n) is 7.86. The van der Waals surface area contributed by atoms with Crippen molar-refractivity contribution in [3.63, 3.8) is 0 Å². The summed E-state index contributed by atoms with van der Waals surface area (Å²) >= 11 is 0. The molecule has 1 saturated carbocycles. The number of hydrogen-bond acceptors (Lipinski definition) is 4. The van der Waals surface area contributed by atoms with E-state index in [1.165, 1.54) is 41.5 Å². The molecule has 2 aromatic carbocycles. The Labute approximate surface area is 177 Å². The maximum Gasteiger partial charge on any atom is 0.200 e. The number of benzene rings is 2. The Morgan fingerprint density at radius 1 is 0.667 bits per heavy atom. The smallest absolute Gasteiger partial charge is 0.200 e. The SMILES string of the molecule is c1ccc2c(c1)CC1OC(C3(C4=NC5c6ccccc6CC5O4)CCCCC3)=NC21. The minimum absolute atomic E-state index is 0.136. The molecule has 3 aliphatic carbocycles. The van der Waals surface area contributed by atoms with Crippen LogP contribution in [-0.2, 0) is 22.3 Å². The van der Waals surface area contributed by atoms with Gasteiger partial charge in [0.25, 0.3) is 0 Å². The van der Waals surface area contributed by atoms with Crippen molar-refractivity contribution in [2.24, 2.45) is 15.4 Å². The first-order chi connectivity index (χ1) is 14.8. The molecule has 7 rings (SSSR count). The second-order valence-electron chi connectivity index (χ2n) is 9.52. The van der Waals surface area contributed by atoms with E-state index >= 15 is 0 Å². The van der Waals surface area contributed by atoms with Crippen LogP contribution in [0.5, 0.6) is 0 Å². The van der Waals surface area contributed by atoms with Crippen molar-refractivity contribution in [1.29, 1.82) is 0 Å². The Kier molecular flexibility index (Phi) is 3.53. The molecule has 0 amide bonds. The lowest BCUT2D eigenvalue weighted by Gasteiger charge is -2.36. The van der Waals surface area contributed by atoms with Crippen molar-refractivity contribution in [1.82, 2.24) is 0 Å². The highest BCUT2D eigenvalue weighted by molar-refractivity contribution is 6.06. The molecule has 152 valence electrons. The lowest BCUT2D eigenvalue weighted by atomic mass is 9.73. The molecule has 4 atom stereocenters. The summed E-state index contributed by atoms with van der Waals surface area (Å²) in [5.74, 6) is 1.80. The summed E-state index contributed by atoms with van der Waals surface area (Å²) < 4.78 is 13.2. The summed E-state index contributed by atoms with van der Waals surface area (Å²) in [6.45, 7) is 0. The van der Waals surface area contributed by atoms with Crippen LogP contribution in [0.25, 0.3) is 0 Å². The Balaban J connectivity index is 1.28. The fourth-order valence-electron chi connectivity index (χ4n) is 6.34. The van der Waals surface area contributed by atoms with Crippen LogP contribution in [0.1, 0.15) is 66.4 Å². The quantitative estimate of drug-likeness (QED) is 0.704. The van der Waals surface area contributed by atoms with E-state index in [0.717, 1.165) is 37.5 Å². The first-order valence-electron chi connectivity index (χ1n) is 11.5. The predicted molar refractivity (Wildman–Crippen MR) is 116 cm³/mol. The molecule has 5 aliphatic rings. The Morgan fingerprint density at radius 3 is 1.70 bits per heavy atom. The van der Waals surface area contributed by atoms with Gasteiger partial charge in [0.2, 0.25) is 0 Å². The molecule has 0 spiro atoms. The number of ether oxygens (including phenoxy) is 2. The van der Waals surface area contributed by atoms with E-state index in [1.54, 1.807) is 0 Å². The normalized spacial score (nSPS) is 32.3. The van der Waals surface area contributed by atoms with E-state index in [0.29, 0.717) is 0 Å². The van der Waals surface area contributed by atoms with Crippen LogP contribution < -0.4 is 0 Å². The van der Waals surface area contributed by atoms with Gasteiger partial charge in [-0.2, -0.15) is 0 Å². The molecule has 2 heterocycles. The first kappa shape index (κ1) is 17.1. The van der Waals surface area contributed by atoms with E-state index in [2.05, 4.69) is 48.5 Å². The minimum Gasteiger partial charge on any atom is -0.474 e. The largest absolute Gasteiger partial charge is 0.474 e. The van der Waals surface area contributed by atoms with Gasteiger partial charge in [-0.15, -0.1) is 0 Å². The number of nitrogens with zero attached hydrogens (tertiary/aromatic N) is 2. The van der Waals surface area contributed by atoms with Gasteiger partial charge in [-0.1, -0.05) is 67.8 Å². The van der Waals surface area contributed by atoms with Crippen molar-refractivity contribution in [3.8, 4) is 0 Å². The van der Waals surface area contributed by atoms with E-state index < -0.39 is 0 Å². The Hall–Kier alpha value is -2.62. The van der Waals surface area contributed by atoms with Crippen LogP contribution in [0.4, 0.5) is 0 Å². The summed E-state index contributed by atoms with van der Waals surface area (Å²) in [6.07, 6.45) is 7.89. The molecule has 2 aromatic rings. The fourth-order valence-corrected chi connectivity index (χ4v) is 6.34. The minimum atomic E-state index is -0.267. The molecule has 4 unspecified atom stereocenters. The lowest BCUT2D eigenvalue weighted by molar-refractivity contribution is 0.149. The third-order valence-corrected chi connectivity index (χ3v) is 7.86. The van der Waals surface area contributed by atoms with Crippen molar-refractivity contribution in [2.45, 2.75) is 69.2 Å². The summed E-state index contributed by atoms with van der Waals surface area (Å²) in [5, 5.41) is 0. The van der Waals surface area contributed by atoms with Gasteiger partial charge in [-0.25, -0.2) is 9.98 Å². The van der Waals surface area contributed by atoms with E-state index in [4.69, 9.17) is 19.5 Å². The van der Waals surface area contributed by atoms with Gasteiger partial charge in [0.1, 0.15) is 29.7 Å². The average molecular weight is 399 g/mol. The predicted octanol–water partition coefficient (Wildman–Crippen LogP) is 5.13. The molecular formula is C26H26N2O2. The highest BCUT2D eigenvalue weighted by Crippen LogP contribution is 2.51. The maximum atomic E-state index is 6.60. The summed E-state index contributed by atoms with van der Waals surface area (Å²) in [5.41, 5.74) is 5.17. The Morgan fingerprint density at radius 2 is 1.17 bits per heavy atom. The van der Waals surface area contributed by atoms with Crippen molar-refractivity contribution in [2.75, 3.05) is 0 Å². The second kappa shape index (κ2) is 6.19. The zero-order valence-electron chi connectivity index (χ0n) is 17.1. The first-order valence-corrected chi connectivity index (χ1v) is 11.5. The van der Waals surface area contributed by atoms with Crippen LogP contribution >= 0.6 is 0 Å². The van der Waals surface area contributed by atoms with Gasteiger partial charge in [0.15, 0.2) is 11.8 Å². The number of fused-ring (bicyclic) bond motifs is 6. The topological polar surface area (TPSA) is 43.2 Å². The van der Waals surface area contributed by atoms with E-state index in [9.17, 15) is 0 Å². The van der Waals surface area contributed by atoms with Crippen LogP contribution in [0, 0.1) is 5.41 Å². The fraction of sp³-hybridized carbons (Fsp3) is 0.462. The molecule has 0 radical (unpaired) electrons. The van der Waals surface area contributed by atoms with Crippen LogP contribution in [0.2, 0.25) is 0 Å². The van der Waals surface area contributed by atoms with Gasteiger partial charge < -0.3 is 9.47 Å². The van der Waals surface area contributed by atoms with Crippen molar-refractivity contribution < 1.29 is 9.47 Å². The average Bonchev–Trinajstić information content (AvgIpc) is 3.52. The molecule has 0 saturated heterocycles. The highest BCUT2D eigenvalue weighted by atomic mass is 16.5. The number of hydrogen-bond donors (Lipinski definition) is 0. The molecule has 1 fully saturated rings. The van der Waals surface area contributed by atoms with E-state index in [-0.39, 0.29) is 29.7 Å². The molecular weight excluding hydrogens is 372 g/mol. The van der Waals surface area contributed by atoms with Crippen LogP contribution in [0.3, 0.4) is 0 Å². The zero-order chi connectivity index (χ0) is 19.7. The third kappa shape index (κ3) is 2.28.